The van der Waals surface area contributed by atoms with Crippen LogP contribution in [0.25, 0.3) is 11.4 Å². The Balaban J connectivity index is 1.46. The Morgan fingerprint density at radius 2 is 1.73 bits per heavy atom. The number of carbonyl (C=O) groups is 1. The Hall–Kier alpha value is -3.02. The van der Waals surface area contributed by atoms with E-state index in [0.29, 0.717) is 28.9 Å². The lowest BCUT2D eigenvalue weighted by atomic mass is 10.1. The van der Waals surface area contributed by atoms with E-state index in [1.807, 2.05) is 0 Å². The molecule has 2 aromatic carbocycles. The molecule has 1 fully saturated rings. The summed E-state index contributed by atoms with van der Waals surface area (Å²) in [4.78, 5) is 16.8. The third-order valence-electron chi connectivity index (χ3n) is 4.65. The molecular formula is C20H18FN3O2. The van der Waals surface area contributed by atoms with Crippen molar-refractivity contribution in [2.45, 2.75) is 31.6 Å². The van der Waals surface area contributed by atoms with Crippen LogP contribution in [0.3, 0.4) is 0 Å². The standard InChI is InChI=1S/C20H18FN3O2/c21-16-9-11-17(12-10-16)22-19(25)14-7-5-13(6-8-14)18-23-20(26-24-18)15-3-1-2-4-15/h5-12,15H,1-4H2,(H,22,25). The van der Waals surface area contributed by atoms with E-state index in [-0.39, 0.29) is 11.7 Å². The van der Waals surface area contributed by atoms with Crippen molar-refractivity contribution in [2.75, 3.05) is 5.32 Å². The maximum absolute atomic E-state index is 12.9. The minimum absolute atomic E-state index is 0.261. The molecule has 3 aromatic rings. The number of anilines is 1. The normalized spacial score (nSPS) is 14.5. The average Bonchev–Trinajstić information content (AvgIpc) is 3.35. The maximum atomic E-state index is 12.9. The molecule has 0 spiro atoms. The Morgan fingerprint density at radius 3 is 2.42 bits per heavy atom. The highest BCUT2D eigenvalue weighted by Gasteiger charge is 2.23. The molecule has 0 saturated heterocycles. The van der Waals surface area contributed by atoms with Gasteiger partial charge in [0.1, 0.15) is 5.82 Å². The van der Waals surface area contributed by atoms with E-state index < -0.39 is 0 Å². The molecule has 0 radical (unpaired) electrons. The molecule has 0 bridgehead atoms. The number of benzene rings is 2. The van der Waals surface area contributed by atoms with E-state index in [1.54, 1.807) is 24.3 Å². The highest BCUT2D eigenvalue weighted by Crippen LogP contribution is 2.33. The van der Waals surface area contributed by atoms with Gasteiger partial charge in [0.25, 0.3) is 5.91 Å². The van der Waals surface area contributed by atoms with Crippen LogP contribution in [0.4, 0.5) is 10.1 Å². The Morgan fingerprint density at radius 1 is 1.04 bits per heavy atom. The van der Waals surface area contributed by atoms with Gasteiger partial charge in [0, 0.05) is 22.7 Å². The molecular weight excluding hydrogens is 333 g/mol. The fourth-order valence-corrected chi connectivity index (χ4v) is 3.20. The number of halogens is 1. The van der Waals surface area contributed by atoms with Gasteiger partial charge in [0.15, 0.2) is 0 Å². The zero-order valence-electron chi connectivity index (χ0n) is 14.1. The van der Waals surface area contributed by atoms with E-state index in [4.69, 9.17) is 4.52 Å². The summed E-state index contributed by atoms with van der Waals surface area (Å²) in [6.45, 7) is 0. The van der Waals surface area contributed by atoms with Crippen LogP contribution >= 0.6 is 0 Å². The maximum Gasteiger partial charge on any atom is 0.255 e. The second-order valence-electron chi connectivity index (χ2n) is 6.48. The molecule has 6 heteroatoms. The quantitative estimate of drug-likeness (QED) is 0.734. The molecule has 0 unspecified atom stereocenters. The van der Waals surface area contributed by atoms with Gasteiger partial charge in [-0.15, -0.1) is 0 Å². The number of carbonyl (C=O) groups excluding carboxylic acids is 1. The number of amides is 1. The SMILES string of the molecule is O=C(Nc1ccc(F)cc1)c1ccc(-c2noc(C3CCCC3)n2)cc1. The van der Waals surface area contributed by atoms with E-state index in [1.165, 1.54) is 37.1 Å². The average molecular weight is 351 g/mol. The molecule has 132 valence electrons. The fraction of sp³-hybridized carbons (Fsp3) is 0.250. The van der Waals surface area contributed by atoms with Gasteiger partial charge in [-0.1, -0.05) is 30.1 Å². The van der Waals surface area contributed by atoms with Gasteiger partial charge < -0.3 is 9.84 Å². The lowest BCUT2D eigenvalue weighted by Gasteiger charge is -2.05. The van der Waals surface area contributed by atoms with E-state index >= 15 is 0 Å². The van der Waals surface area contributed by atoms with Crippen LogP contribution < -0.4 is 5.32 Å². The molecule has 1 aliphatic carbocycles. The molecule has 1 heterocycles. The summed E-state index contributed by atoms with van der Waals surface area (Å²) in [5, 5.41) is 6.79. The first kappa shape index (κ1) is 16.4. The molecule has 5 nitrogen and oxygen atoms in total. The van der Waals surface area contributed by atoms with Gasteiger partial charge in [-0.05, 0) is 49.2 Å². The van der Waals surface area contributed by atoms with Crippen LogP contribution in [0.15, 0.2) is 53.1 Å². The number of hydrogen-bond donors (Lipinski definition) is 1. The largest absolute Gasteiger partial charge is 0.339 e. The van der Waals surface area contributed by atoms with Crippen molar-refractivity contribution < 1.29 is 13.7 Å². The Labute approximate surface area is 150 Å². The predicted molar refractivity (Wildman–Crippen MR) is 95.3 cm³/mol. The van der Waals surface area contributed by atoms with Gasteiger partial charge in [-0.3, -0.25) is 4.79 Å². The minimum Gasteiger partial charge on any atom is -0.339 e. The summed E-state index contributed by atoms with van der Waals surface area (Å²) in [5.74, 6) is 1.01. The van der Waals surface area contributed by atoms with E-state index in [9.17, 15) is 9.18 Å². The number of nitrogens with zero attached hydrogens (tertiary/aromatic N) is 2. The van der Waals surface area contributed by atoms with Crippen LogP contribution in [0.2, 0.25) is 0 Å². The number of aromatic nitrogens is 2. The first-order chi connectivity index (χ1) is 12.7. The van der Waals surface area contributed by atoms with Gasteiger partial charge in [0.05, 0.1) is 0 Å². The fourth-order valence-electron chi connectivity index (χ4n) is 3.20. The molecule has 1 aliphatic rings. The molecule has 26 heavy (non-hydrogen) atoms. The van der Waals surface area contributed by atoms with E-state index in [2.05, 4.69) is 15.5 Å². The van der Waals surface area contributed by atoms with Crippen LogP contribution in [0.1, 0.15) is 47.8 Å². The Kier molecular flexibility index (Phi) is 4.48. The zero-order chi connectivity index (χ0) is 17.9. The van der Waals surface area contributed by atoms with Crippen molar-refractivity contribution in [2.24, 2.45) is 0 Å². The molecule has 0 atom stereocenters. The molecule has 1 saturated carbocycles. The van der Waals surface area contributed by atoms with Gasteiger partial charge >= 0.3 is 0 Å². The molecule has 0 aliphatic heterocycles. The number of rotatable bonds is 4. The lowest BCUT2D eigenvalue weighted by molar-refractivity contribution is 0.102. The van der Waals surface area contributed by atoms with Gasteiger partial charge in [-0.25, -0.2) is 4.39 Å². The minimum atomic E-state index is -0.343. The van der Waals surface area contributed by atoms with Crippen molar-refractivity contribution in [1.82, 2.24) is 10.1 Å². The summed E-state index contributed by atoms with van der Waals surface area (Å²) in [7, 11) is 0. The highest BCUT2D eigenvalue weighted by atomic mass is 19.1. The number of nitrogens with one attached hydrogen (secondary N) is 1. The first-order valence-electron chi connectivity index (χ1n) is 8.70. The lowest BCUT2D eigenvalue weighted by Crippen LogP contribution is -2.11. The van der Waals surface area contributed by atoms with Crippen molar-refractivity contribution in [3.63, 3.8) is 0 Å². The smallest absolute Gasteiger partial charge is 0.255 e. The summed E-state index contributed by atoms with van der Waals surface area (Å²) in [6.07, 6.45) is 4.62. The third-order valence-corrected chi connectivity index (χ3v) is 4.65. The molecule has 1 amide bonds. The summed E-state index contributed by atoms with van der Waals surface area (Å²) in [6, 6.07) is 12.6. The van der Waals surface area contributed by atoms with Crippen LogP contribution in [-0.2, 0) is 0 Å². The molecule has 4 rings (SSSR count). The van der Waals surface area contributed by atoms with Crippen LogP contribution in [0, 0.1) is 5.82 Å². The second kappa shape index (κ2) is 7.07. The van der Waals surface area contributed by atoms with Gasteiger partial charge in [-0.2, -0.15) is 4.98 Å². The van der Waals surface area contributed by atoms with Crippen molar-refractivity contribution >= 4 is 11.6 Å². The molecule has 1 aromatic heterocycles. The van der Waals surface area contributed by atoms with Crippen LogP contribution in [-0.4, -0.2) is 16.0 Å². The highest BCUT2D eigenvalue weighted by molar-refractivity contribution is 6.04. The van der Waals surface area contributed by atoms with Gasteiger partial charge in [0.2, 0.25) is 11.7 Å². The Bertz CT molecular complexity index is 898. The predicted octanol–water partition coefficient (Wildman–Crippen LogP) is 4.79. The topological polar surface area (TPSA) is 68.0 Å². The van der Waals surface area contributed by atoms with Crippen LogP contribution in [0.5, 0.6) is 0 Å². The summed E-state index contributed by atoms with van der Waals surface area (Å²) in [5.41, 5.74) is 1.84. The molecule has 1 N–H and O–H groups in total. The van der Waals surface area contributed by atoms with E-state index in [0.717, 1.165) is 18.4 Å². The number of hydrogen-bond acceptors (Lipinski definition) is 4. The second-order valence-corrected chi connectivity index (χ2v) is 6.48. The van der Waals surface area contributed by atoms with Crippen molar-refractivity contribution in [3.05, 3.63) is 65.8 Å². The summed E-state index contributed by atoms with van der Waals surface area (Å²) >= 11 is 0. The zero-order valence-corrected chi connectivity index (χ0v) is 14.1. The third kappa shape index (κ3) is 3.49. The first-order valence-corrected chi connectivity index (χ1v) is 8.70. The summed E-state index contributed by atoms with van der Waals surface area (Å²) < 4.78 is 18.3. The monoisotopic (exact) mass is 351 g/mol. The van der Waals surface area contributed by atoms with Crippen molar-refractivity contribution in [3.8, 4) is 11.4 Å². The van der Waals surface area contributed by atoms with Crippen molar-refractivity contribution in [1.29, 1.82) is 0 Å².